The predicted octanol–water partition coefficient (Wildman–Crippen LogP) is 3.87. The van der Waals surface area contributed by atoms with Gasteiger partial charge in [-0.25, -0.2) is 9.59 Å². The Kier molecular flexibility index (Phi) is 11.6. The second-order valence-corrected chi connectivity index (χ2v) is 7.42. The maximum Gasteiger partial charge on any atom is 0.333 e. The molecule has 0 spiro atoms. The van der Waals surface area contributed by atoms with Gasteiger partial charge in [0.1, 0.15) is 37.9 Å². The van der Waals surface area contributed by atoms with Gasteiger partial charge in [0.2, 0.25) is 0 Å². The lowest BCUT2D eigenvalue weighted by Gasteiger charge is -2.10. The second kappa shape index (κ2) is 14.7. The molecule has 0 N–H and O–H groups in total. The Morgan fingerprint density at radius 3 is 1.44 bits per heavy atom. The summed E-state index contributed by atoms with van der Waals surface area (Å²) in [4.78, 5) is 22.5. The molecule has 184 valence electrons. The maximum absolute atomic E-state index is 11.3. The molecular weight excluding hydrogens is 440 g/mol. The van der Waals surface area contributed by atoms with E-state index in [0.717, 1.165) is 22.3 Å². The van der Waals surface area contributed by atoms with E-state index in [0.29, 0.717) is 50.8 Å². The summed E-state index contributed by atoms with van der Waals surface area (Å²) in [6.45, 7) is 12.7. The normalized spacial score (nSPS) is 10.5. The summed E-state index contributed by atoms with van der Waals surface area (Å²) in [5, 5.41) is 2.04. The number of fused-ring (bicyclic) bond motifs is 1. The molecule has 8 heteroatoms. The van der Waals surface area contributed by atoms with Crippen molar-refractivity contribution < 1.29 is 38.0 Å². The van der Waals surface area contributed by atoms with Crippen LogP contribution in [-0.4, -0.2) is 64.8 Å². The first kappa shape index (κ1) is 26.9. The first-order chi connectivity index (χ1) is 16.4. The standard InChI is InChI=1S/C26H32O8/c1-19(2)25(27)33-15-11-29-9-13-31-23-7-5-21-6-8-24(18-22(21)17-23)32-14-10-30-12-16-34-26(28)20(3)4/h5-8,17-18H,1,3,9-16H2,2,4H3. The predicted molar refractivity (Wildman–Crippen MR) is 128 cm³/mol. The summed E-state index contributed by atoms with van der Waals surface area (Å²) in [7, 11) is 0. The molecule has 2 aromatic carbocycles. The van der Waals surface area contributed by atoms with Crippen molar-refractivity contribution in [3.63, 3.8) is 0 Å². The number of rotatable bonds is 16. The summed E-state index contributed by atoms with van der Waals surface area (Å²) < 4.78 is 32.2. The molecular formula is C26H32O8. The Morgan fingerprint density at radius 1 is 0.618 bits per heavy atom. The zero-order valence-corrected chi connectivity index (χ0v) is 19.8. The molecule has 0 aromatic heterocycles. The second-order valence-electron chi connectivity index (χ2n) is 7.42. The zero-order valence-electron chi connectivity index (χ0n) is 19.8. The fourth-order valence-electron chi connectivity index (χ4n) is 2.66. The van der Waals surface area contributed by atoms with Gasteiger partial charge in [-0.2, -0.15) is 0 Å². The van der Waals surface area contributed by atoms with Crippen LogP contribution >= 0.6 is 0 Å². The van der Waals surface area contributed by atoms with Crippen LogP contribution < -0.4 is 9.47 Å². The highest BCUT2D eigenvalue weighted by atomic mass is 16.6. The lowest BCUT2D eigenvalue weighted by Crippen LogP contribution is -2.14. The Bertz CT molecular complexity index is 907. The van der Waals surface area contributed by atoms with E-state index in [4.69, 9.17) is 28.4 Å². The van der Waals surface area contributed by atoms with Crippen LogP contribution in [0.25, 0.3) is 10.8 Å². The molecule has 0 aliphatic heterocycles. The third kappa shape index (κ3) is 10.1. The summed E-state index contributed by atoms with van der Waals surface area (Å²) in [6, 6.07) is 11.6. The van der Waals surface area contributed by atoms with E-state index < -0.39 is 11.9 Å². The van der Waals surface area contributed by atoms with Crippen LogP contribution in [0.15, 0.2) is 60.7 Å². The average Bonchev–Trinajstić information content (AvgIpc) is 2.82. The average molecular weight is 473 g/mol. The third-order valence-corrected chi connectivity index (χ3v) is 4.39. The lowest BCUT2D eigenvalue weighted by atomic mass is 10.1. The molecule has 0 heterocycles. The van der Waals surface area contributed by atoms with Crippen molar-refractivity contribution in [1.29, 1.82) is 0 Å². The number of hydrogen-bond donors (Lipinski definition) is 0. The summed E-state index contributed by atoms with van der Waals surface area (Å²) >= 11 is 0. The molecule has 2 aromatic rings. The van der Waals surface area contributed by atoms with Crippen LogP contribution in [0, 0.1) is 0 Å². The highest BCUT2D eigenvalue weighted by Gasteiger charge is 2.04. The molecule has 8 nitrogen and oxygen atoms in total. The van der Waals surface area contributed by atoms with Crippen LogP contribution in [0.3, 0.4) is 0 Å². The molecule has 0 saturated heterocycles. The van der Waals surface area contributed by atoms with Gasteiger partial charge in [-0.05, 0) is 48.9 Å². The molecule has 0 aliphatic carbocycles. The van der Waals surface area contributed by atoms with E-state index in [1.807, 2.05) is 36.4 Å². The first-order valence-electron chi connectivity index (χ1n) is 11.0. The van der Waals surface area contributed by atoms with Crippen molar-refractivity contribution in [2.24, 2.45) is 0 Å². The summed E-state index contributed by atoms with van der Waals surface area (Å²) in [5.74, 6) is 0.589. The van der Waals surface area contributed by atoms with E-state index >= 15 is 0 Å². The minimum atomic E-state index is -0.423. The van der Waals surface area contributed by atoms with Crippen molar-refractivity contribution in [2.75, 3.05) is 52.9 Å². The molecule has 34 heavy (non-hydrogen) atoms. The van der Waals surface area contributed by atoms with Gasteiger partial charge >= 0.3 is 11.9 Å². The van der Waals surface area contributed by atoms with Crippen molar-refractivity contribution >= 4 is 22.7 Å². The summed E-state index contributed by atoms with van der Waals surface area (Å²) in [6.07, 6.45) is 0. The topological polar surface area (TPSA) is 89.5 Å². The number of ether oxygens (including phenoxy) is 6. The minimum Gasteiger partial charge on any atom is -0.491 e. The highest BCUT2D eigenvalue weighted by Crippen LogP contribution is 2.25. The fourth-order valence-corrected chi connectivity index (χ4v) is 2.66. The SMILES string of the molecule is C=C(C)C(=O)OCCOCCOc1ccc2ccc(OCCOCCOC(=O)C(=C)C)cc2c1. The number of carbonyl (C=O) groups excluding carboxylic acids is 2. The van der Waals surface area contributed by atoms with E-state index in [9.17, 15) is 9.59 Å². The van der Waals surface area contributed by atoms with Crippen LogP contribution in [-0.2, 0) is 28.5 Å². The van der Waals surface area contributed by atoms with Crippen LogP contribution in [0.4, 0.5) is 0 Å². The summed E-state index contributed by atoms with van der Waals surface area (Å²) in [5.41, 5.74) is 0.723. The van der Waals surface area contributed by atoms with Crippen molar-refractivity contribution in [1.82, 2.24) is 0 Å². The van der Waals surface area contributed by atoms with Gasteiger partial charge in [0.05, 0.1) is 26.4 Å². The van der Waals surface area contributed by atoms with Gasteiger partial charge in [0, 0.05) is 11.1 Å². The maximum atomic E-state index is 11.3. The van der Waals surface area contributed by atoms with Crippen molar-refractivity contribution in [3.05, 3.63) is 60.7 Å². The van der Waals surface area contributed by atoms with E-state index in [1.165, 1.54) is 0 Å². The largest absolute Gasteiger partial charge is 0.491 e. The van der Waals surface area contributed by atoms with E-state index in [1.54, 1.807) is 13.8 Å². The number of hydrogen-bond acceptors (Lipinski definition) is 8. The van der Waals surface area contributed by atoms with Gasteiger partial charge in [0.15, 0.2) is 0 Å². The van der Waals surface area contributed by atoms with E-state index in [-0.39, 0.29) is 13.2 Å². The molecule has 2 rings (SSSR count). The van der Waals surface area contributed by atoms with Gasteiger partial charge in [0.25, 0.3) is 0 Å². The van der Waals surface area contributed by atoms with Gasteiger partial charge in [-0.3, -0.25) is 0 Å². The quantitative estimate of drug-likeness (QED) is 0.207. The first-order valence-corrected chi connectivity index (χ1v) is 11.0. The van der Waals surface area contributed by atoms with Gasteiger partial charge in [-0.1, -0.05) is 25.3 Å². The van der Waals surface area contributed by atoms with Crippen molar-refractivity contribution in [3.8, 4) is 11.5 Å². The molecule has 0 unspecified atom stereocenters. The van der Waals surface area contributed by atoms with Gasteiger partial charge in [-0.15, -0.1) is 0 Å². The molecule has 0 aliphatic rings. The number of benzene rings is 2. The lowest BCUT2D eigenvalue weighted by molar-refractivity contribution is -0.141. The van der Waals surface area contributed by atoms with Crippen LogP contribution in [0.1, 0.15) is 13.8 Å². The molecule has 0 radical (unpaired) electrons. The van der Waals surface area contributed by atoms with Crippen LogP contribution in [0.5, 0.6) is 11.5 Å². The molecule has 0 saturated carbocycles. The molecule has 0 bridgehead atoms. The highest BCUT2D eigenvalue weighted by molar-refractivity contribution is 5.87. The third-order valence-electron chi connectivity index (χ3n) is 4.39. The monoisotopic (exact) mass is 472 g/mol. The number of carbonyl (C=O) groups is 2. The zero-order chi connectivity index (χ0) is 24.8. The Balaban J connectivity index is 1.66. The Morgan fingerprint density at radius 2 is 1.03 bits per heavy atom. The molecule has 0 atom stereocenters. The van der Waals surface area contributed by atoms with Gasteiger partial charge < -0.3 is 28.4 Å². The minimum absolute atomic E-state index is 0.179. The fraction of sp³-hybridized carbons (Fsp3) is 0.385. The molecule has 0 fully saturated rings. The van der Waals surface area contributed by atoms with E-state index in [2.05, 4.69) is 13.2 Å². The Labute approximate surface area is 200 Å². The molecule has 0 amide bonds. The number of esters is 2. The van der Waals surface area contributed by atoms with Crippen molar-refractivity contribution in [2.45, 2.75) is 13.8 Å². The Hall–Kier alpha value is -3.36. The van der Waals surface area contributed by atoms with Crippen LogP contribution in [0.2, 0.25) is 0 Å². The smallest absolute Gasteiger partial charge is 0.333 e.